The predicted octanol–water partition coefficient (Wildman–Crippen LogP) is 3.06. The zero-order valence-electron chi connectivity index (χ0n) is 16.0. The lowest BCUT2D eigenvalue weighted by Gasteiger charge is -2.29. The van der Waals surface area contributed by atoms with Crippen LogP contribution in [0.1, 0.15) is 6.92 Å². The molecule has 1 unspecified atom stereocenters. The number of ether oxygens (including phenoxy) is 2. The number of carbonyl (C=O) groups is 1. The Balaban J connectivity index is 1.59. The van der Waals surface area contributed by atoms with Crippen LogP contribution in [0, 0.1) is 0 Å². The molecule has 28 heavy (non-hydrogen) atoms. The molecule has 1 atom stereocenters. The number of amides is 1. The number of carbonyl (C=O) groups excluding carboxylic acids is 1. The molecule has 2 saturated heterocycles. The van der Waals surface area contributed by atoms with Crippen LogP contribution in [-0.2, 0) is 9.53 Å². The van der Waals surface area contributed by atoms with E-state index in [-0.39, 0.29) is 11.9 Å². The van der Waals surface area contributed by atoms with Gasteiger partial charge in [0.25, 0.3) is 5.91 Å². The molecule has 0 aromatic heterocycles. The van der Waals surface area contributed by atoms with Gasteiger partial charge in [0.1, 0.15) is 11.8 Å². The molecule has 0 bridgehead atoms. The molecule has 0 saturated carbocycles. The second-order valence-electron chi connectivity index (χ2n) is 6.82. The third-order valence-corrected chi connectivity index (χ3v) is 5.56. The van der Waals surface area contributed by atoms with E-state index in [1.165, 1.54) is 0 Å². The second kappa shape index (κ2) is 7.77. The maximum Gasteiger partial charge on any atom is 0.256 e. The SMILES string of the molecule is COc1cccc(N2C(=O)C(C)N(c3ccc(N4CCOCC4)cc3)C2=S)c1. The van der Waals surface area contributed by atoms with Gasteiger partial charge >= 0.3 is 0 Å². The summed E-state index contributed by atoms with van der Waals surface area (Å²) in [6, 6.07) is 15.2. The number of morpholine rings is 1. The predicted molar refractivity (Wildman–Crippen MR) is 114 cm³/mol. The van der Waals surface area contributed by atoms with Gasteiger partial charge in [0, 0.05) is 30.5 Å². The summed E-state index contributed by atoms with van der Waals surface area (Å²) in [5, 5.41) is 0.477. The van der Waals surface area contributed by atoms with Gasteiger partial charge in [-0.15, -0.1) is 0 Å². The van der Waals surface area contributed by atoms with E-state index in [0.717, 1.165) is 37.7 Å². The van der Waals surface area contributed by atoms with E-state index in [2.05, 4.69) is 17.0 Å². The molecule has 2 aliphatic heterocycles. The van der Waals surface area contributed by atoms with Crippen molar-refractivity contribution < 1.29 is 14.3 Å². The first-order valence-electron chi connectivity index (χ1n) is 9.34. The van der Waals surface area contributed by atoms with E-state index in [9.17, 15) is 4.79 Å². The van der Waals surface area contributed by atoms with Gasteiger partial charge in [-0.25, -0.2) is 0 Å². The fraction of sp³-hybridized carbons (Fsp3) is 0.333. The number of rotatable bonds is 4. The molecule has 4 rings (SSSR count). The second-order valence-corrected chi connectivity index (χ2v) is 7.18. The topological polar surface area (TPSA) is 45.2 Å². The third kappa shape index (κ3) is 3.31. The van der Waals surface area contributed by atoms with Gasteiger partial charge in [0.05, 0.1) is 26.0 Å². The zero-order valence-corrected chi connectivity index (χ0v) is 16.8. The van der Waals surface area contributed by atoms with Crippen LogP contribution in [0.5, 0.6) is 5.75 Å². The van der Waals surface area contributed by atoms with E-state index < -0.39 is 0 Å². The van der Waals surface area contributed by atoms with Gasteiger partial charge in [-0.2, -0.15) is 0 Å². The summed E-state index contributed by atoms with van der Waals surface area (Å²) >= 11 is 5.68. The first-order chi connectivity index (χ1) is 13.6. The summed E-state index contributed by atoms with van der Waals surface area (Å²) in [4.78, 5) is 18.7. The largest absolute Gasteiger partial charge is 0.497 e. The summed E-state index contributed by atoms with van der Waals surface area (Å²) in [5.74, 6) is 0.643. The van der Waals surface area contributed by atoms with E-state index in [1.807, 2.05) is 48.2 Å². The van der Waals surface area contributed by atoms with E-state index in [0.29, 0.717) is 16.5 Å². The smallest absolute Gasteiger partial charge is 0.256 e. The molecule has 0 N–H and O–H groups in total. The zero-order chi connectivity index (χ0) is 19.7. The van der Waals surface area contributed by atoms with Crippen LogP contribution in [0.2, 0.25) is 0 Å². The maximum absolute atomic E-state index is 12.9. The highest BCUT2D eigenvalue weighted by molar-refractivity contribution is 7.81. The Kier molecular flexibility index (Phi) is 5.19. The molecule has 7 heteroatoms. The minimum Gasteiger partial charge on any atom is -0.497 e. The number of nitrogens with zero attached hydrogens (tertiary/aromatic N) is 3. The van der Waals surface area contributed by atoms with Crippen LogP contribution in [0.3, 0.4) is 0 Å². The molecule has 2 heterocycles. The number of methoxy groups -OCH3 is 1. The Labute approximate surface area is 170 Å². The van der Waals surface area contributed by atoms with Crippen molar-refractivity contribution in [1.82, 2.24) is 0 Å². The summed E-state index contributed by atoms with van der Waals surface area (Å²) < 4.78 is 10.7. The van der Waals surface area contributed by atoms with Gasteiger partial charge in [-0.1, -0.05) is 6.07 Å². The number of anilines is 3. The first-order valence-corrected chi connectivity index (χ1v) is 9.75. The molecule has 146 valence electrons. The van der Waals surface area contributed by atoms with Crippen LogP contribution in [0.4, 0.5) is 17.1 Å². The van der Waals surface area contributed by atoms with Crippen molar-refractivity contribution in [3.05, 3.63) is 48.5 Å². The highest BCUT2D eigenvalue weighted by Crippen LogP contribution is 2.32. The minimum absolute atomic E-state index is 0.0458. The Morgan fingerprint density at radius 1 is 1.04 bits per heavy atom. The van der Waals surface area contributed by atoms with Crippen molar-refractivity contribution in [2.24, 2.45) is 0 Å². The number of benzene rings is 2. The van der Waals surface area contributed by atoms with E-state index >= 15 is 0 Å². The molecule has 1 amide bonds. The Morgan fingerprint density at radius 2 is 1.71 bits per heavy atom. The fourth-order valence-corrected chi connectivity index (χ4v) is 4.09. The molecule has 6 nitrogen and oxygen atoms in total. The van der Waals surface area contributed by atoms with Gasteiger partial charge < -0.3 is 19.3 Å². The highest BCUT2D eigenvalue weighted by atomic mass is 32.1. The van der Waals surface area contributed by atoms with Crippen LogP contribution in [0.15, 0.2) is 48.5 Å². The van der Waals surface area contributed by atoms with Crippen molar-refractivity contribution >= 4 is 40.3 Å². The summed E-state index contributed by atoms with van der Waals surface area (Å²) in [7, 11) is 1.61. The monoisotopic (exact) mass is 397 g/mol. The average molecular weight is 398 g/mol. The number of hydrogen-bond donors (Lipinski definition) is 0. The number of thiocarbonyl (C=S) groups is 1. The van der Waals surface area contributed by atoms with Crippen molar-refractivity contribution in [3.8, 4) is 5.75 Å². The molecule has 0 spiro atoms. The lowest BCUT2D eigenvalue weighted by Crippen LogP contribution is -2.36. The fourth-order valence-electron chi connectivity index (χ4n) is 3.63. The molecule has 2 aliphatic rings. The van der Waals surface area contributed by atoms with Gasteiger partial charge in [0.2, 0.25) is 0 Å². The molecule has 0 aliphatic carbocycles. The van der Waals surface area contributed by atoms with Crippen molar-refractivity contribution in [2.75, 3.05) is 48.1 Å². The lowest BCUT2D eigenvalue weighted by atomic mass is 10.2. The normalized spacial score (nSPS) is 20.1. The van der Waals surface area contributed by atoms with Crippen LogP contribution in [0.25, 0.3) is 0 Å². The van der Waals surface area contributed by atoms with Crippen LogP contribution < -0.4 is 19.4 Å². The molecule has 2 aromatic carbocycles. The van der Waals surface area contributed by atoms with Crippen molar-refractivity contribution in [3.63, 3.8) is 0 Å². The van der Waals surface area contributed by atoms with Gasteiger partial charge in [-0.05, 0) is 55.5 Å². The average Bonchev–Trinajstić information content (AvgIpc) is 2.97. The molecular formula is C21H23N3O3S. The quantitative estimate of drug-likeness (QED) is 0.739. The van der Waals surface area contributed by atoms with Crippen LogP contribution in [-0.4, -0.2) is 50.5 Å². The molecule has 0 radical (unpaired) electrons. The van der Waals surface area contributed by atoms with Crippen molar-refractivity contribution in [1.29, 1.82) is 0 Å². The summed E-state index contributed by atoms with van der Waals surface area (Å²) in [6.45, 7) is 5.16. The Morgan fingerprint density at radius 3 is 2.39 bits per heavy atom. The first kappa shape index (κ1) is 18.7. The van der Waals surface area contributed by atoms with E-state index in [1.54, 1.807) is 12.0 Å². The Hall–Kier alpha value is -2.64. The Bertz CT molecular complexity index is 881. The van der Waals surface area contributed by atoms with E-state index in [4.69, 9.17) is 21.7 Å². The number of hydrogen-bond acceptors (Lipinski definition) is 5. The molecule has 2 fully saturated rings. The van der Waals surface area contributed by atoms with Crippen LogP contribution >= 0.6 is 12.2 Å². The lowest BCUT2D eigenvalue weighted by molar-refractivity contribution is -0.117. The summed E-state index contributed by atoms with van der Waals surface area (Å²) in [6.07, 6.45) is 0. The van der Waals surface area contributed by atoms with Crippen molar-refractivity contribution in [2.45, 2.75) is 13.0 Å². The molecular weight excluding hydrogens is 374 g/mol. The van der Waals surface area contributed by atoms with Gasteiger partial charge in [-0.3, -0.25) is 9.69 Å². The minimum atomic E-state index is -0.368. The third-order valence-electron chi connectivity index (χ3n) is 5.18. The summed E-state index contributed by atoms with van der Waals surface area (Å²) in [5.41, 5.74) is 2.78. The van der Waals surface area contributed by atoms with Gasteiger partial charge in [0.15, 0.2) is 5.11 Å². The standard InChI is InChI=1S/C21H23N3O3S/c1-15-20(25)24(18-4-3-5-19(14-18)26-2)21(28)23(15)17-8-6-16(7-9-17)22-10-12-27-13-11-22/h3-9,14-15H,10-13H2,1-2H3. The molecule has 2 aromatic rings. The highest BCUT2D eigenvalue weighted by Gasteiger charge is 2.41. The maximum atomic E-state index is 12.9.